The van der Waals surface area contributed by atoms with Crippen LogP contribution < -0.4 is 11.1 Å². The Labute approximate surface area is 129 Å². The van der Waals surface area contributed by atoms with Gasteiger partial charge in [-0.05, 0) is 25.3 Å². The summed E-state index contributed by atoms with van der Waals surface area (Å²) in [7, 11) is 0. The van der Waals surface area contributed by atoms with E-state index in [1.54, 1.807) is 11.3 Å². The Morgan fingerprint density at radius 1 is 1.24 bits per heavy atom. The number of carbonyl (C=O) groups excluding carboxylic acids is 1. The lowest BCUT2D eigenvalue weighted by molar-refractivity contribution is 0.103. The summed E-state index contributed by atoms with van der Waals surface area (Å²) in [4.78, 5) is 18.8. The first-order chi connectivity index (χ1) is 10.2. The minimum atomic E-state index is -0.166. The molecule has 2 aromatic heterocycles. The highest BCUT2D eigenvalue weighted by atomic mass is 32.1. The monoisotopic (exact) mass is 315 g/mol. The average Bonchev–Trinajstić information content (AvgIpc) is 3.13. The van der Waals surface area contributed by atoms with Gasteiger partial charge in [0.1, 0.15) is 4.88 Å². The number of nitrogens with two attached hydrogens (primary N) is 1. The third kappa shape index (κ3) is 2.11. The van der Waals surface area contributed by atoms with Crippen molar-refractivity contribution >= 4 is 49.5 Å². The van der Waals surface area contributed by atoms with Gasteiger partial charge in [0.05, 0.1) is 11.4 Å². The number of aryl methyl sites for hydroxylation is 2. The number of hydrogen-bond acceptors (Lipinski definition) is 5. The topological polar surface area (TPSA) is 68.0 Å². The van der Waals surface area contributed by atoms with Crippen molar-refractivity contribution < 1.29 is 4.79 Å². The fraction of sp³-hybridized carbons (Fsp3) is 0.200. The van der Waals surface area contributed by atoms with Crippen molar-refractivity contribution in [2.75, 3.05) is 11.1 Å². The van der Waals surface area contributed by atoms with Crippen LogP contribution in [-0.2, 0) is 12.8 Å². The van der Waals surface area contributed by atoms with Gasteiger partial charge in [-0.2, -0.15) is 0 Å². The van der Waals surface area contributed by atoms with Gasteiger partial charge in [0.2, 0.25) is 0 Å². The van der Waals surface area contributed by atoms with Crippen LogP contribution in [0.3, 0.4) is 0 Å². The Morgan fingerprint density at radius 2 is 2.10 bits per heavy atom. The SMILES string of the molecule is Nc1c(C(=O)Nc2nc3c(s2)CCC3)sc2ccccc12. The van der Waals surface area contributed by atoms with Gasteiger partial charge in [-0.3, -0.25) is 10.1 Å². The Bertz CT molecular complexity index is 828. The molecule has 1 aromatic carbocycles. The summed E-state index contributed by atoms with van der Waals surface area (Å²) in [5, 5.41) is 4.51. The van der Waals surface area contributed by atoms with Crippen LogP contribution in [0.2, 0.25) is 0 Å². The van der Waals surface area contributed by atoms with Crippen LogP contribution in [0.5, 0.6) is 0 Å². The predicted octanol–water partition coefficient (Wildman–Crippen LogP) is 3.68. The summed E-state index contributed by atoms with van der Waals surface area (Å²) in [6, 6.07) is 7.80. The van der Waals surface area contributed by atoms with Gasteiger partial charge < -0.3 is 5.73 Å². The molecule has 3 N–H and O–H groups in total. The Morgan fingerprint density at radius 3 is 2.90 bits per heavy atom. The van der Waals surface area contributed by atoms with Crippen molar-refractivity contribution in [1.82, 2.24) is 4.98 Å². The molecule has 0 saturated carbocycles. The van der Waals surface area contributed by atoms with Gasteiger partial charge in [0, 0.05) is 15.0 Å². The van der Waals surface area contributed by atoms with E-state index in [0.717, 1.165) is 28.6 Å². The number of anilines is 2. The predicted molar refractivity (Wildman–Crippen MR) is 88.3 cm³/mol. The summed E-state index contributed by atoms with van der Waals surface area (Å²) < 4.78 is 1.03. The first-order valence-electron chi connectivity index (χ1n) is 6.79. The van der Waals surface area contributed by atoms with Crippen LogP contribution in [0, 0.1) is 0 Å². The molecule has 1 aliphatic carbocycles. The number of nitrogens with one attached hydrogen (secondary N) is 1. The quantitative estimate of drug-likeness (QED) is 0.758. The highest BCUT2D eigenvalue weighted by Gasteiger charge is 2.20. The van der Waals surface area contributed by atoms with Crippen LogP contribution in [0.1, 0.15) is 26.7 Å². The van der Waals surface area contributed by atoms with Gasteiger partial charge in [-0.1, -0.05) is 18.2 Å². The molecule has 1 amide bonds. The Balaban J connectivity index is 1.65. The highest BCUT2D eigenvalue weighted by Crippen LogP contribution is 2.35. The molecule has 6 heteroatoms. The number of carbonyl (C=O) groups is 1. The second-order valence-electron chi connectivity index (χ2n) is 5.04. The molecule has 4 rings (SSSR count). The second kappa shape index (κ2) is 4.82. The van der Waals surface area contributed by atoms with E-state index in [0.29, 0.717) is 15.7 Å². The first-order valence-corrected chi connectivity index (χ1v) is 8.42. The lowest BCUT2D eigenvalue weighted by Crippen LogP contribution is -2.11. The minimum absolute atomic E-state index is 0.166. The molecule has 0 atom stereocenters. The lowest BCUT2D eigenvalue weighted by Gasteiger charge is -2.00. The number of amides is 1. The number of aromatic nitrogens is 1. The van der Waals surface area contributed by atoms with E-state index in [4.69, 9.17) is 5.73 Å². The standard InChI is InChI=1S/C15H13N3OS2/c16-12-8-4-1-2-6-10(8)20-13(12)14(19)18-15-17-9-5-3-7-11(9)21-15/h1-2,4,6H,3,5,7,16H2,(H,17,18,19). The summed E-state index contributed by atoms with van der Waals surface area (Å²) in [6.07, 6.45) is 3.27. The average molecular weight is 315 g/mol. The maximum atomic E-state index is 12.4. The molecule has 1 aliphatic rings. The van der Waals surface area contributed by atoms with E-state index >= 15 is 0 Å². The molecule has 21 heavy (non-hydrogen) atoms. The molecular formula is C15H13N3OS2. The summed E-state index contributed by atoms with van der Waals surface area (Å²) in [5.74, 6) is -0.166. The second-order valence-corrected chi connectivity index (χ2v) is 7.17. The van der Waals surface area contributed by atoms with Crippen LogP contribution in [0.4, 0.5) is 10.8 Å². The summed E-state index contributed by atoms with van der Waals surface area (Å²) in [6.45, 7) is 0. The van der Waals surface area contributed by atoms with Crippen LogP contribution in [0.15, 0.2) is 24.3 Å². The minimum Gasteiger partial charge on any atom is -0.397 e. The lowest BCUT2D eigenvalue weighted by atomic mass is 10.2. The normalized spacial score (nSPS) is 13.5. The maximum Gasteiger partial charge on any atom is 0.269 e. The third-order valence-corrected chi connectivity index (χ3v) is 5.91. The van der Waals surface area contributed by atoms with Crippen LogP contribution >= 0.6 is 22.7 Å². The Hall–Kier alpha value is -1.92. The number of nitrogens with zero attached hydrogens (tertiary/aromatic N) is 1. The molecule has 0 saturated heterocycles. The van der Waals surface area contributed by atoms with E-state index in [9.17, 15) is 4.79 Å². The fourth-order valence-electron chi connectivity index (χ4n) is 2.63. The number of thiazole rings is 1. The van der Waals surface area contributed by atoms with Crippen molar-refractivity contribution in [2.24, 2.45) is 0 Å². The van der Waals surface area contributed by atoms with E-state index in [2.05, 4.69) is 10.3 Å². The van der Waals surface area contributed by atoms with Gasteiger partial charge in [-0.15, -0.1) is 22.7 Å². The number of rotatable bonds is 2. The zero-order valence-corrected chi connectivity index (χ0v) is 12.8. The van der Waals surface area contributed by atoms with Crippen molar-refractivity contribution in [3.63, 3.8) is 0 Å². The van der Waals surface area contributed by atoms with Gasteiger partial charge in [0.25, 0.3) is 5.91 Å². The van der Waals surface area contributed by atoms with Crippen molar-refractivity contribution in [3.05, 3.63) is 39.7 Å². The van der Waals surface area contributed by atoms with E-state index in [1.165, 1.54) is 22.6 Å². The number of nitrogen functional groups attached to an aromatic ring is 1. The highest BCUT2D eigenvalue weighted by molar-refractivity contribution is 7.22. The smallest absolute Gasteiger partial charge is 0.269 e. The molecule has 3 aromatic rings. The van der Waals surface area contributed by atoms with Crippen LogP contribution in [-0.4, -0.2) is 10.9 Å². The molecule has 0 unspecified atom stereocenters. The molecule has 0 radical (unpaired) electrons. The van der Waals surface area contributed by atoms with E-state index in [1.807, 2.05) is 24.3 Å². The van der Waals surface area contributed by atoms with Crippen LogP contribution in [0.25, 0.3) is 10.1 Å². The third-order valence-electron chi connectivity index (χ3n) is 3.66. The van der Waals surface area contributed by atoms with Crippen molar-refractivity contribution in [2.45, 2.75) is 19.3 Å². The molecule has 0 aliphatic heterocycles. The van der Waals surface area contributed by atoms with Crippen molar-refractivity contribution in [1.29, 1.82) is 0 Å². The Kier molecular flexibility index (Phi) is 2.94. The number of benzene rings is 1. The largest absolute Gasteiger partial charge is 0.397 e. The zero-order valence-electron chi connectivity index (χ0n) is 11.2. The fourth-order valence-corrected chi connectivity index (χ4v) is 4.69. The maximum absolute atomic E-state index is 12.4. The summed E-state index contributed by atoms with van der Waals surface area (Å²) in [5.41, 5.74) is 7.79. The van der Waals surface area contributed by atoms with Gasteiger partial charge in [0.15, 0.2) is 5.13 Å². The van der Waals surface area contributed by atoms with Gasteiger partial charge in [-0.25, -0.2) is 4.98 Å². The zero-order chi connectivity index (χ0) is 14.4. The molecular weight excluding hydrogens is 302 g/mol. The molecule has 0 bridgehead atoms. The molecule has 0 fully saturated rings. The molecule has 0 spiro atoms. The van der Waals surface area contributed by atoms with Crippen molar-refractivity contribution in [3.8, 4) is 0 Å². The summed E-state index contributed by atoms with van der Waals surface area (Å²) >= 11 is 3.00. The number of thiophene rings is 1. The first kappa shape index (κ1) is 12.8. The number of fused-ring (bicyclic) bond motifs is 2. The molecule has 2 heterocycles. The molecule has 4 nitrogen and oxygen atoms in total. The number of hydrogen-bond donors (Lipinski definition) is 2. The van der Waals surface area contributed by atoms with Gasteiger partial charge >= 0.3 is 0 Å². The van der Waals surface area contributed by atoms with E-state index in [-0.39, 0.29) is 5.91 Å². The van der Waals surface area contributed by atoms with E-state index < -0.39 is 0 Å². The molecule has 106 valence electrons.